The van der Waals surface area contributed by atoms with Crippen LogP contribution in [0, 0.1) is 17.2 Å². The Morgan fingerprint density at radius 3 is 2.58 bits per heavy atom. The Labute approximate surface area is 146 Å². The van der Waals surface area contributed by atoms with Gasteiger partial charge in [-0.25, -0.2) is 0 Å². The Morgan fingerprint density at radius 1 is 1.25 bits per heavy atom. The topological polar surface area (TPSA) is 44.1 Å². The lowest BCUT2D eigenvalue weighted by atomic mass is 9.86. The van der Waals surface area contributed by atoms with Gasteiger partial charge in [0.25, 0.3) is 0 Å². The van der Waals surface area contributed by atoms with Gasteiger partial charge in [-0.3, -0.25) is 4.79 Å². The average Bonchev–Trinajstić information content (AvgIpc) is 2.63. The molecule has 0 unspecified atom stereocenters. The number of rotatable bonds is 8. The zero-order valence-corrected chi connectivity index (χ0v) is 14.5. The molecule has 0 aliphatic heterocycles. The Balaban J connectivity index is 1.82. The number of carbonyl (C=O) groups is 1. The molecule has 24 heavy (non-hydrogen) atoms. The van der Waals surface area contributed by atoms with Gasteiger partial charge in [0.15, 0.2) is 0 Å². The molecule has 0 spiro atoms. The SMILES string of the molecule is C=CCN(Cc1ccc(C#N)cc1)C(=O)CCCC1CCCCC1. The van der Waals surface area contributed by atoms with Crippen molar-refractivity contribution in [1.82, 2.24) is 4.90 Å². The van der Waals surface area contributed by atoms with Gasteiger partial charge in [0.05, 0.1) is 11.6 Å². The lowest BCUT2D eigenvalue weighted by Gasteiger charge is -2.23. The summed E-state index contributed by atoms with van der Waals surface area (Å²) in [6.45, 7) is 4.92. The van der Waals surface area contributed by atoms with Crippen LogP contribution in [0.15, 0.2) is 36.9 Å². The van der Waals surface area contributed by atoms with Gasteiger partial charge in [0.2, 0.25) is 5.91 Å². The highest BCUT2D eigenvalue weighted by molar-refractivity contribution is 5.76. The van der Waals surface area contributed by atoms with E-state index >= 15 is 0 Å². The summed E-state index contributed by atoms with van der Waals surface area (Å²) in [5, 5.41) is 8.86. The van der Waals surface area contributed by atoms with Gasteiger partial charge >= 0.3 is 0 Å². The molecule has 3 heteroatoms. The lowest BCUT2D eigenvalue weighted by molar-refractivity contribution is -0.131. The summed E-state index contributed by atoms with van der Waals surface area (Å²) < 4.78 is 0. The predicted octanol–water partition coefficient (Wildman–Crippen LogP) is 4.82. The Hall–Kier alpha value is -2.08. The number of benzene rings is 1. The second kappa shape index (κ2) is 9.93. The summed E-state index contributed by atoms with van der Waals surface area (Å²) in [5.41, 5.74) is 1.70. The zero-order chi connectivity index (χ0) is 17.2. The molecule has 2 rings (SSSR count). The van der Waals surface area contributed by atoms with E-state index in [1.807, 2.05) is 17.0 Å². The van der Waals surface area contributed by atoms with Gasteiger partial charge in [-0.15, -0.1) is 6.58 Å². The van der Waals surface area contributed by atoms with Crippen LogP contribution < -0.4 is 0 Å². The molecule has 0 radical (unpaired) electrons. The quantitative estimate of drug-likeness (QED) is 0.643. The number of nitriles is 1. The molecule has 1 aromatic rings. The van der Waals surface area contributed by atoms with Crippen molar-refractivity contribution >= 4 is 5.91 Å². The molecule has 3 nitrogen and oxygen atoms in total. The van der Waals surface area contributed by atoms with Crippen LogP contribution in [-0.2, 0) is 11.3 Å². The summed E-state index contributed by atoms with van der Waals surface area (Å²) in [4.78, 5) is 14.4. The van der Waals surface area contributed by atoms with E-state index in [4.69, 9.17) is 5.26 Å². The van der Waals surface area contributed by atoms with Crippen molar-refractivity contribution < 1.29 is 4.79 Å². The van der Waals surface area contributed by atoms with Crippen LogP contribution in [-0.4, -0.2) is 17.4 Å². The number of hydrogen-bond donors (Lipinski definition) is 0. The highest BCUT2D eigenvalue weighted by atomic mass is 16.2. The minimum Gasteiger partial charge on any atom is -0.335 e. The van der Waals surface area contributed by atoms with Gasteiger partial charge in [-0.1, -0.05) is 50.3 Å². The van der Waals surface area contributed by atoms with E-state index in [0.717, 1.165) is 17.9 Å². The zero-order valence-electron chi connectivity index (χ0n) is 14.5. The third-order valence-corrected chi connectivity index (χ3v) is 4.89. The van der Waals surface area contributed by atoms with Crippen molar-refractivity contribution in [2.75, 3.05) is 6.54 Å². The molecule has 0 saturated heterocycles. The second-order valence-electron chi connectivity index (χ2n) is 6.77. The average molecular weight is 324 g/mol. The van der Waals surface area contributed by atoms with Crippen molar-refractivity contribution in [3.63, 3.8) is 0 Å². The fourth-order valence-corrected chi connectivity index (χ4v) is 3.49. The third kappa shape index (κ3) is 5.85. The fraction of sp³-hybridized carbons (Fsp3) is 0.524. The van der Waals surface area contributed by atoms with Crippen LogP contribution in [0.1, 0.15) is 62.5 Å². The summed E-state index contributed by atoms with van der Waals surface area (Å²) in [6, 6.07) is 9.56. The first-order chi connectivity index (χ1) is 11.7. The normalized spacial score (nSPS) is 14.8. The molecule has 1 aliphatic carbocycles. The third-order valence-electron chi connectivity index (χ3n) is 4.89. The largest absolute Gasteiger partial charge is 0.335 e. The summed E-state index contributed by atoms with van der Waals surface area (Å²) in [5.74, 6) is 1.04. The number of amides is 1. The Kier molecular flexibility index (Phi) is 7.55. The van der Waals surface area contributed by atoms with E-state index < -0.39 is 0 Å². The molecule has 1 fully saturated rings. The molecule has 0 atom stereocenters. The minimum absolute atomic E-state index is 0.204. The van der Waals surface area contributed by atoms with Crippen LogP contribution in [0.25, 0.3) is 0 Å². The van der Waals surface area contributed by atoms with Gasteiger partial charge in [0, 0.05) is 19.5 Å². The van der Waals surface area contributed by atoms with E-state index in [-0.39, 0.29) is 5.91 Å². The molecule has 0 heterocycles. The smallest absolute Gasteiger partial charge is 0.223 e. The van der Waals surface area contributed by atoms with Crippen LogP contribution >= 0.6 is 0 Å². The molecule has 1 aromatic carbocycles. The molecule has 128 valence electrons. The maximum absolute atomic E-state index is 12.5. The highest BCUT2D eigenvalue weighted by Gasteiger charge is 2.16. The van der Waals surface area contributed by atoms with E-state index in [1.165, 1.54) is 38.5 Å². The second-order valence-corrected chi connectivity index (χ2v) is 6.77. The molecule has 1 amide bonds. The van der Waals surface area contributed by atoms with E-state index in [2.05, 4.69) is 12.6 Å². The van der Waals surface area contributed by atoms with Crippen LogP contribution in [0.4, 0.5) is 0 Å². The first-order valence-electron chi connectivity index (χ1n) is 9.10. The van der Waals surface area contributed by atoms with Crippen LogP contribution in [0.2, 0.25) is 0 Å². The maximum Gasteiger partial charge on any atom is 0.223 e. The van der Waals surface area contributed by atoms with Crippen LogP contribution in [0.3, 0.4) is 0 Å². The van der Waals surface area contributed by atoms with Crippen molar-refractivity contribution in [2.24, 2.45) is 5.92 Å². The van der Waals surface area contributed by atoms with E-state index in [0.29, 0.717) is 25.1 Å². The maximum atomic E-state index is 12.5. The molecular weight excluding hydrogens is 296 g/mol. The summed E-state index contributed by atoms with van der Waals surface area (Å²) >= 11 is 0. The van der Waals surface area contributed by atoms with Gasteiger partial charge in [-0.05, 0) is 36.5 Å². The van der Waals surface area contributed by atoms with Crippen LogP contribution in [0.5, 0.6) is 0 Å². The summed E-state index contributed by atoms with van der Waals surface area (Å²) in [7, 11) is 0. The molecule has 0 aromatic heterocycles. The van der Waals surface area contributed by atoms with E-state index in [9.17, 15) is 4.79 Å². The van der Waals surface area contributed by atoms with Crippen molar-refractivity contribution in [3.8, 4) is 6.07 Å². The van der Waals surface area contributed by atoms with Crippen molar-refractivity contribution in [1.29, 1.82) is 5.26 Å². The van der Waals surface area contributed by atoms with Gasteiger partial charge in [0.1, 0.15) is 0 Å². The van der Waals surface area contributed by atoms with Crippen molar-refractivity contribution in [3.05, 3.63) is 48.0 Å². The molecule has 0 bridgehead atoms. The summed E-state index contributed by atoms with van der Waals surface area (Å²) in [6.07, 6.45) is 11.4. The van der Waals surface area contributed by atoms with E-state index in [1.54, 1.807) is 18.2 Å². The Morgan fingerprint density at radius 2 is 1.96 bits per heavy atom. The predicted molar refractivity (Wildman–Crippen MR) is 97.2 cm³/mol. The van der Waals surface area contributed by atoms with Gasteiger partial charge in [-0.2, -0.15) is 5.26 Å². The minimum atomic E-state index is 0.204. The molecule has 0 N–H and O–H groups in total. The molecule has 1 saturated carbocycles. The monoisotopic (exact) mass is 324 g/mol. The highest BCUT2D eigenvalue weighted by Crippen LogP contribution is 2.27. The Bertz CT molecular complexity index is 564. The standard InChI is InChI=1S/C21H28N2O/c1-2-15-23(17-20-13-11-19(16-22)12-14-20)21(24)10-6-9-18-7-4-3-5-8-18/h2,11-14,18H,1,3-10,15,17H2. The first kappa shape index (κ1) is 18.3. The molecular formula is C21H28N2O. The number of carbonyl (C=O) groups excluding carboxylic acids is 1. The fourth-order valence-electron chi connectivity index (χ4n) is 3.49. The lowest BCUT2D eigenvalue weighted by Crippen LogP contribution is -2.30. The van der Waals surface area contributed by atoms with Crippen molar-refractivity contribution in [2.45, 2.75) is 57.9 Å². The first-order valence-corrected chi connectivity index (χ1v) is 9.10. The van der Waals surface area contributed by atoms with Gasteiger partial charge < -0.3 is 4.90 Å². The molecule has 1 aliphatic rings. The number of hydrogen-bond acceptors (Lipinski definition) is 2. The number of nitrogens with zero attached hydrogens (tertiary/aromatic N) is 2.